The van der Waals surface area contributed by atoms with E-state index in [1.54, 1.807) is 4.90 Å². The molecule has 110 valence electrons. The van der Waals surface area contributed by atoms with Crippen LogP contribution in [0, 0.1) is 5.92 Å². The van der Waals surface area contributed by atoms with Crippen molar-refractivity contribution in [2.75, 3.05) is 25.0 Å². The summed E-state index contributed by atoms with van der Waals surface area (Å²) in [5.74, 6) is 0.231. The Balaban J connectivity index is 2.01. The number of aliphatic hydroxyl groups is 1. The Morgan fingerprint density at radius 1 is 1.35 bits per heavy atom. The van der Waals surface area contributed by atoms with Gasteiger partial charge in [0.2, 0.25) is 0 Å². The van der Waals surface area contributed by atoms with E-state index in [1.165, 1.54) is 11.1 Å². The summed E-state index contributed by atoms with van der Waals surface area (Å²) < 4.78 is 0. The van der Waals surface area contributed by atoms with E-state index >= 15 is 0 Å². The molecule has 20 heavy (non-hydrogen) atoms. The van der Waals surface area contributed by atoms with Gasteiger partial charge in [-0.05, 0) is 42.5 Å². The van der Waals surface area contributed by atoms with E-state index in [-0.39, 0.29) is 18.6 Å². The summed E-state index contributed by atoms with van der Waals surface area (Å²) in [6.07, 6.45) is 2.88. The van der Waals surface area contributed by atoms with Crippen molar-refractivity contribution in [1.29, 1.82) is 0 Å². The standard InChI is InChI=1S/C16H24N2O2/c1-3-13-5-6-15(9-14(13)4-2)17-16(20)18-8-7-12(10-18)11-19/h5-6,9,12,19H,3-4,7-8,10-11H2,1-2H3,(H,17,20). The van der Waals surface area contributed by atoms with Gasteiger partial charge in [0.15, 0.2) is 0 Å². The lowest BCUT2D eigenvalue weighted by atomic mass is 10.0. The van der Waals surface area contributed by atoms with Crippen LogP contribution in [0.4, 0.5) is 10.5 Å². The summed E-state index contributed by atoms with van der Waals surface area (Å²) in [6, 6.07) is 6.06. The van der Waals surface area contributed by atoms with Crippen molar-refractivity contribution in [2.45, 2.75) is 33.1 Å². The fraction of sp³-hybridized carbons (Fsp3) is 0.562. The van der Waals surface area contributed by atoms with Gasteiger partial charge in [0.05, 0.1) is 0 Å². The zero-order valence-corrected chi connectivity index (χ0v) is 12.4. The van der Waals surface area contributed by atoms with Crippen molar-refractivity contribution in [3.05, 3.63) is 29.3 Å². The largest absolute Gasteiger partial charge is 0.396 e. The van der Waals surface area contributed by atoms with E-state index in [0.29, 0.717) is 6.54 Å². The van der Waals surface area contributed by atoms with Crippen LogP contribution in [0.5, 0.6) is 0 Å². The predicted octanol–water partition coefficient (Wildman–Crippen LogP) is 2.66. The number of hydrogen-bond donors (Lipinski definition) is 2. The van der Waals surface area contributed by atoms with E-state index in [0.717, 1.165) is 31.5 Å². The zero-order chi connectivity index (χ0) is 14.5. The Hall–Kier alpha value is -1.55. The van der Waals surface area contributed by atoms with Crippen molar-refractivity contribution in [1.82, 2.24) is 4.90 Å². The van der Waals surface area contributed by atoms with Crippen molar-refractivity contribution in [2.24, 2.45) is 5.92 Å². The number of urea groups is 1. The lowest BCUT2D eigenvalue weighted by Gasteiger charge is -2.18. The van der Waals surface area contributed by atoms with Gasteiger partial charge in [0.1, 0.15) is 0 Å². The molecule has 0 saturated carbocycles. The number of anilines is 1. The first kappa shape index (κ1) is 14.9. The quantitative estimate of drug-likeness (QED) is 0.888. The van der Waals surface area contributed by atoms with Crippen LogP contribution in [-0.4, -0.2) is 35.7 Å². The highest BCUT2D eigenvalue weighted by molar-refractivity contribution is 5.89. The van der Waals surface area contributed by atoms with Crippen LogP contribution in [0.15, 0.2) is 18.2 Å². The lowest BCUT2D eigenvalue weighted by Crippen LogP contribution is -2.33. The minimum absolute atomic E-state index is 0.0627. The van der Waals surface area contributed by atoms with Gasteiger partial charge in [0, 0.05) is 31.3 Å². The summed E-state index contributed by atoms with van der Waals surface area (Å²) in [5, 5.41) is 12.1. The van der Waals surface area contributed by atoms with Crippen molar-refractivity contribution in [3.8, 4) is 0 Å². The molecule has 1 heterocycles. The number of nitrogens with zero attached hydrogens (tertiary/aromatic N) is 1. The summed E-state index contributed by atoms with van der Waals surface area (Å²) in [6.45, 7) is 5.81. The third kappa shape index (κ3) is 3.31. The number of nitrogens with one attached hydrogen (secondary N) is 1. The number of hydrogen-bond acceptors (Lipinski definition) is 2. The summed E-state index contributed by atoms with van der Waals surface area (Å²) in [4.78, 5) is 13.9. The number of aryl methyl sites for hydroxylation is 2. The van der Waals surface area contributed by atoms with Gasteiger partial charge in [-0.1, -0.05) is 19.9 Å². The minimum atomic E-state index is -0.0627. The molecule has 1 unspecified atom stereocenters. The number of aliphatic hydroxyl groups excluding tert-OH is 1. The molecule has 0 radical (unpaired) electrons. The predicted molar refractivity (Wildman–Crippen MR) is 81.0 cm³/mol. The fourth-order valence-electron chi connectivity index (χ4n) is 2.75. The van der Waals surface area contributed by atoms with Gasteiger partial charge in [-0.15, -0.1) is 0 Å². The van der Waals surface area contributed by atoms with Crippen LogP contribution >= 0.6 is 0 Å². The summed E-state index contributed by atoms with van der Waals surface area (Å²) in [7, 11) is 0. The van der Waals surface area contributed by atoms with E-state index in [1.807, 2.05) is 6.07 Å². The molecule has 0 bridgehead atoms. The average molecular weight is 276 g/mol. The smallest absolute Gasteiger partial charge is 0.321 e. The van der Waals surface area contributed by atoms with Gasteiger partial charge < -0.3 is 15.3 Å². The first-order chi connectivity index (χ1) is 9.67. The average Bonchev–Trinajstić information content (AvgIpc) is 2.96. The molecular weight excluding hydrogens is 252 g/mol. The van der Waals surface area contributed by atoms with Crippen molar-refractivity contribution >= 4 is 11.7 Å². The molecule has 1 atom stereocenters. The molecule has 1 aliphatic rings. The maximum Gasteiger partial charge on any atom is 0.321 e. The minimum Gasteiger partial charge on any atom is -0.396 e. The third-order valence-corrected chi connectivity index (χ3v) is 4.05. The van der Waals surface area contributed by atoms with Gasteiger partial charge in [0.25, 0.3) is 0 Å². The lowest BCUT2D eigenvalue weighted by molar-refractivity contribution is 0.209. The SMILES string of the molecule is CCc1ccc(NC(=O)N2CCC(CO)C2)cc1CC. The van der Waals surface area contributed by atoms with E-state index in [9.17, 15) is 4.79 Å². The van der Waals surface area contributed by atoms with E-state index < -0.39 is 0 Å². The summed E-state index contributed by atoms with van der Waals surface area (Å²) in [5.41, 5.74) is 3.49. The Morgan fingerprint density at radius 3 is 2.70 bits per heavy atom. The Morgan fingerprint density at radius 2 is 2.10 bits per heavy atom. The van der Waals surface area contributed by atoms with Crippen LogP contribution < -0.4 is 5.32 Å². The molecule has 0 aliphatic carbocycles. The topological polar surface area (TPSA) is 52.6 Å². The molecule has 1 fully saturated rings. The molecule has 1 saturated heterocycles. The number of rotatable bonds is 4. The number of carbonyl (C=O) groups is 1. The third-order valence-electron chi connectivity index (χ3n) is 4.05. The van der Waals surface area contributed by atoms with Gasteiger partial charge in [-0.25, -0.2) is 4.79 Å². The second kappa shape index (κ2) is 6.75. The Bertz CT molecular complexity index is 474. The molecule has 2 rings (SSSR count). The molecule has 0 spiro atoms. The Labute approximate surface area is 120 Å². The first-order valence-corrected chi connectivity index (χ1v) is 7.46. The van der Waals surface area contributed by atoms with E-state index in [2.05, 4.69) is 31.3 Å². The van der Waals surface area contributed by atoms with Gasteiger partial charge in [-0.2, -0.15) is 0 Å². The normalized spacial score (nSPS) is 18.4. The Kier molecular flexibility index (Phi) is 5.01. The van der Waals surface area contributed by atoms with Crippen LogP contribution in [0.25, 0.3) is 0 Å². The van der Waals surface area contributed by atoms with Crippen LogP contribution in [0.1, 0.15) is 31.4 Å². The van der Waals surface area contributed by atoms with Crippen LogP contribution in [-0.2, 0) is 12.8 Å². The maximum absolute atomic E-state index is 12.2. The highest BCUT2D eigenvalue weighted by atomic mass is 16.3. The molecule has 4 nitrogen and oxygen atoms in total. The van der Waals surface area contributed by atoms with Gasteiger partial charge in [-0.3, -0.25) is 0 Å². The number of amides is 2. The van der Waals surface area contributed by atoms with Gasteiger partial charge >= 0.3 is 6.03 Å². The van der Waals surface area contributed by atoms with Crippen molar-refractivity contribution in [3.63, 3.8) is 0 Å². The number of carbonyl (C=O) groups excluding carboxylic acids is 1. The molecular formula is C16H24N2O2. The highest BCUT2D eigenvalue weighted by Gasteiger charge is 2.25. The van der Waals surface area contributed by atoms with Crippen LogP contribution in [0.2, 0.25) is 0 Å². The van der Waals surface area contributed by atoms with E-state index in [4.69, 9.17) is 5.11 Å². The second-order valence-corrected chi connectivity index (χ2v) is 5.40. The first-order valence-electron chi connectivity index (χ1n) is 7.46. The fourth-order valence-corrected chi connectivity index (χ4v) is 2.75. The highest BCUT2D eigenvalue weighted by Crippen LogP contribution is 2.20. The molecule has 1 aliphatic heterocycles. The second-order valence-electron chi connectivity index (χ2n) is 5.40. The molecule has 4 heteroatoms. The zero-order valence-electron chi connectivity index (χ0n) is 12.4. The monoisotopic (exact) mass is 276 g/mol. The molecule has 1 aromatic rings. The molecule has 2 N–H and O–H groups in total. The molecule has 2 amide bonds. The number of benzene rings is 1. The molecule has 1 aromatic carbocycles. The number of likely N-dealkylation sites (tertiary alicyclic amines) is 1. The van der Waals surface area contributed by atoms with Crippen LogP contribution in [0.3, 0.4) is 0 Å². The maximum atomic E-state index is 12.2. The summed E-state index contributed by atoms with van der Waals surface area (Å²) >= 11 is 0. The molecule has 0 aromatic heterocycles. The van der Waals surface area contributed by atoms with Crippen molar-refractivity contribution < 1.29 is 9.90 Å².